The second kappa shape index (κ2) is 10.1. The molecule has 0 radical (unpaired) electrons. The number of hydrogen-bond acceptors (Lipinski definition) is 0. The van der Waals surface area contributed by atoms with E-state index in [2.05, 4.69) is 109 Å². The van der Waals surface area contributed by atoms with Crippen molar-refractivity contribution in [1.82, 2.24) is 0 Å². The Hall–Kier alpha value is -2.77. The SMILES string of the molecule is B1CCC(c2ccccc2[Si](c2ccccc2)(c2ccccc2)c2ccccc2C2CBCC2)C1. The molecule has 2 aliphatic heterocycles. The maximum absolute atomic E-state index is 2.52. The molecule has 0 amide bonds. The molecule has 0 aromatic heterocycles. The highest BCUT2D eigenvalue weighted by atomic mass is 28.3. The fourth-order valence-corrected chi connectivity index (χ4v) is 12.6. The van der Waals surface area contributed by atoms with Gasteiger partial charge in [0.15, 0.2) is 8.07 Å². The summed E-state index contributed by atoms with van der Waals surface area (Å²) in [7, 11) is 0.204. The monoisotopic (exact) mass is 468 g/mol. The zero-order chi connectivity index (χ0) is 23.5. The number of benzene rings is 4. The molecule has 0 saturated carbocycles. The summed E-state index contributed by atoms with van der Waals surface area (Å²) in [6.45, 7) is 0. The number of rotatable bonds is 6. The van der Waals surface area contributed by atoms with Crippen molar-refractivity contribution in [3.05, 3.63) is 120 Å². The number of hydrogen-bond donors (Lipinski definition) is 0. The molecule has 3 heteroatoms. The van der Waals surface area contributed by atoms with Crippen LogP contribution in [0.25, 0.3) is 0 Å². The minimum Gasteiger partial charge on any atom is -0.0769 e. The fourth-order valence-electron chi connectivity index (χ4n) is 7.17. The summed E-state index contributed by atoms with van der Waals surface area (Å²) in [6.07, 6.45) is 8.04. The average Bonchev–Trinajstić information content (AvgIpc) is 3.66. The van der Waals surface area contributed by atoms with Crippen LogP contribution in [-0.4, -0.2) is 22.6 Å². The maximum Gasteiger partial charge on any atom is 0.180 e. The van der Waals surface area contributed by atoms with Gasteiger partial charge in [-0.3, -0.25) is 0 Å². The Morgan fingerprint density at radius 2 is 0.886 bits per heavy atom. The molecular weight excluding hydrogens is 434 g/mol. The largest absolute Gasteiger partial charge is 0.180 e. The Kier molecular flexibility index (Phi) is 6.52. The molecule has 0 nitrogen and oxygen atoms in total. The first-order valence-corrected chi connectivity index (χ1v) is 15.7. The topological polar surface area (TPSA) is 0 Å². The van der Waals surface area contributed by atoms with Crippen molar-refractivity contribution in [3.8, 4) is 0 Å². The van der Waals surface area contributed by atoms with Gasteiger partial charge in [-0.15, -0.1) is 0 Å². The third-order valence-corrected chi connectivity index (χ3v) is 13.7. The molecule has 4 aromatic rings. The molecule has 0 N–H and O–H groups in total. The van der Waals surface area contributed by atoms with Crippen LogP contribution >= 0.6 is 0 Å². The van der Waals surface area contributed by atoms with Crippen LogP contribution in [0.1, 0.15) is 35.8 Å². The van der Waals surface area contributed by atoms with E-state index in [1.54, 1.807) is 21.5 Å². The highest BCUT2D eigenvalue weighted by Crippen LogP contribution is 2.34. The molecule has 2 atom stereocenters. The lowest BCUT2D eigenvalue weighted by Crippen LogP contribution is -2.76. The quantitative estimate of drug-likeness (QED) is 0.287. The standard InChI is InChI=1S/C32H34B2Si/c1-3-11-27(12-4-1)35(28-13-5-2-6-14-28,31-17-9-7-15-29(31)25-19-21-33-23-25)32-18-10-8-16-30(32)26-20-22-34-24-26/h1-18,25-26,33-34H,19-24H2. The summed E-state index contributed by atoms with van der Waals surface area (Å²) in [6, 6.07) is 42.2. The molecule has 2 saturated heterocycles. The Morgan fingerprint density at radius 1 is 0.486 bits per heavy atom. The van der Waals surface area contributed by atoms with E-state index in [0.717, 1.165) is 0 Å². The summed E-state index contributed by atoms with van der Waals surface area (Å²) < 4.78 is 0. The van der Waals surface area contributed by atoms with Gasteiger partial charge in [0.1, 0.15) is 14.6 Å². The highest BCUT2D eigenvalue weighted by Gasteiger charge is 2.45. The maximum atomic E-state index is 2.51. The predicted molar refractivity (Wildman–Crippen MR) is 158 cm³/mol. The van der Waals surface area contributed by atoms with Crippen LogP contribution in [0.15, 0.2) is 109 Å². The minimum atomic E-state index is -2.52. The van der Waals surface area contributed by atoms with Gasteiger partial charge in [0, 0.05) is 0 Å². The van der Waals surface area contributed by atoms with Gasteiger partial charge >= 0.3 is 0 Å². The van der Waals surface area contributed by atoms with Crippen molar-refractivity contribution in [2.45, 2.75) is 50.0 Å². The van der Waals surface area contributed by atoms with Gasteiger partial charge < -0.3 is 0 Å². The van der Waals surface area contributed by atoms with Gasteiger partial charge in [0.05, 0.1) is 0 Å². The Morgan fingerprint density at radius 3 is 1.29 bits per heavy atom. The Labute approximate surface area is 213 Å². The molecule has 35 heavy (non-hydrogen) atoms. The van der Waals surface area contributed by atoms with Crippen LogP contribution < -0.4 is 20.7 Å². The first kappa shape index (κ1) is 22.7. The Bertz CT molecular complexity index is 1160. The van der Waals surface area contributed by atoms with Crippen LogP contribution in [0.2, 0.25) is 25.3 Å². The smallest absolute Gasteiger partial charge is 0.0769 e. The molecule has 0 bridgehead atoms. The van der Waals surface area contributed by atoms with Crippen LogP contribution in [0, 0.1) is 0 Å². The van der Waals surface area contributed by atoms with E-state index in [-0.39, 0.29) is 0 Å². The second-order valence-electron chi connectivity index (χ2n) is 10.6. The van der Waals surface area contributed by atoms with Crippen molar-refractivity contribution in [3.63, 3.8) is 0 Å². The van der Waals surface area contributed by atoms with E-state index in [1.165, 1.54) is 63.1 Å². The molecule has 0 aliphatic carbocycles. The van der Waals surface area contributed by atoms with E-state index in [0.29, 0.717) is 11.8 Å². The van der Waals surface area contributed by atoms with E-state index in [1.807, 2.05) is 0 Å². The zero-order valence-electron chi connectivity index (χ0n) is 20.7. The lowest BCUT2D eigenvalue weighted by molar-refractivity contribution is 0.773. The molecule has 2 unspecified atom stereocenters. The van der Waals surface area contributed by atoms with Gasteiger partial charge in [-0.2, -0.15) is 0 Å². The van der Waals surface area contributed by atoms with Crippen molar-refractivity contribution in [2.24, 2.45) is 0 Å². The average molecular weight is 468 g/mol. The van der Waals surface area contributed by atoms with Crippen molar-refractivity contribution < 1.29 is 0 Å². The van der Waals surface area contributed by atoms with Gasteiger partial charge in [-0.05, 0) is 43.7 Å². The minimum absolute atomic E-state index is 0.684. The first-order chi connectivity index (χ1) is 17.4. The molecule has 0 spiro atoms. The first-order valence-electron chi connectivity index (χ1n) is 13.7. The molecule has 2 fully saturated rings. The highest BCUT2D eigenvalue weighted by molar-refractivity contribution is 7.20. The molecular formula is C32H34B2Si. The van der Waals surface area contributed by atoms with Crippen molar-refractivity contribution in [1.29, 1.82) is 0 Å². The van der Waals surface area contributed by atoms with Crippen LogP contribution in [0.4, 0.5) is 0 Å². The van der Waals surface area contributed by atoms with Gasteiger partial charge in [-0.1, -0.05) is 147 Å². The van der Waals surface area contributed by atoms with Gasteiger partial charge in [0.25, 0.3) is 0 Å². The summed E-state index contributed by atoms with van der Waals surface area (Å²) >= 11 is 0. The van der Waals surface area contributed by atoms with E-state index in [4.69, 9.17) is 0 Å². The van der Waals surface area contributed by atoms with Crippen LogP contribution in [0.5, 0.6) is 0 Å². The van der Waals surface area contributed by atoms with E-state index >= 15 is 0 Å². The Balaban J connectivity index is 1.73. The van der Waals surface area contributed by atoms with Crippen LogP contribution in [0.3, 0.4) is 0 Å². The molecule has 172 valence electrons. The molecule has 2 heterocycles. The normalized spacial score (nSPS) is 19.8. The summed E-state index contributed by atoms with van der Waals surface area (Å²) in [4.78, 5) is 0. The second-order valence-corrected chi connectivity index (χ2v) is 14.4. The summed E-state index contributed by atoms with van der Waals surface area (Å²) in [5.74, 6) is 1.37. The van der Waals surface area contributed by atoms with E-state index < -0.39 is 8.07 Å². The molecule has 2 aliphatic rings. The van der Waals surface area contributed by atoms with Crippen molar-refractivity contribution in [2.75, 3.05) is 0 Å². The predicted octanol–water partition coefficient (Wildman–Crippen LogP) is 4.58. The van der Waals surface area contributed by atoms with Crippen LogP contribution in [-0.2, 0) is 0 Å². The summed E-state index contributed by atoms with van der Waals surface area (Å²) in [5, 5.41) is 6.27. The zero-order valence-corrected chi connectivity index (χ0v) is 21.7. The summed E-state index contributed by atoms with van der Waals surface area (Å²) in [5.41, 5.74) is 3.23. The third-order valence-electron chi connectivity index (χ3n) is 8.73. The van der Waals surface area contributed by atoms with Gasteiger partial charge in [0.2, 0.25) is 0 Å². The lowest BCUT2D eigenvalue weighted by Gasteiger charge is -2.39. The lowest BCUT2D eigenvalue weighted by atomic mass is 9.75. The molecule has 6 rings (SSSR count). The van der Waals surface area contributed by atoms with Gasteiger partial charge in [-0.25, -0.2) is 0 Å². The third kappa shape index (κ3) is 4.04. The molecule has 4 aromatic carbocycles. The van der Waals surface area contributed by atoms with Crippen molar-refractivity contribution >= 4 is 43.4 Å². The van der Waals surface area contributed by atoms with E-state index in [9.17, 15) is 0 Å². The fraction of sp³-hybridized carbons (Fsp3) is 0.250.